The van der Waals surface area contributed by atoms with E-state index in [1.807, 2.05) is 0 Å². The van der Waals surface area contributed by atoms with E-state index in [9.17, 15) is 0 Å². The number of rotatable bonds is 5. The van der Waals surface area contributed by atoms with Crippen LogP contribution >= 0.6 is 0 Å². The van der Waals surface area contributed by atoms with Gasteiger partial charge >= 0.3 is 0 Å². The van der Waals surface area contributed by atoms with Crippen molar-refractivity contribution in [3.8, 4) is 0 Å². The quantitative estimate of drug-likeness (QED) is 0.748. The zero-order valence-electron chi connectivity index (χ0n) is 14.4. The van der Waals surface area contributed by atoms with Gasteiger partial charge in [-0.15, -0.1) is 0 Å². The molecule has 0 aromatic heterocycles. The maximum Gasteiger partial charge on any atom is 0.00104 e. The summed E-state index contributed by atoms with van der Waals surface area (Å²) in [6, 6.07) is 7.36. The van der Waals surface area contributed by atoms with E-state index in [0.717, 1.165) is 11.8 Å². The summed E-state index contributed by atoms with van der Waals surface area (Å²) in [5.41, 5.74) is 4.57. The highest BCUT2D eigenvalue weighted by Gasteiger charge is 2.24. The highest BCUT2D eigenvalue weighted by Crippen LogP contribution is 2.32. The first-order chi connectivity index (χ1) is 10.1. The Kier molecular flexibility index (Phi) is 6.29. The van der Waals surface area contributed by atoms with E-state index >= 15 is 0 Å². The largest absolute Gasteiger partial charge is 0.314 e. The first-order valence-electron chi connectivity index (χ1n) is 8.86. The zero-order chi connectivity index (χ0) is 15.2. The molecule has 0 amide bonds. The number of hydrogen-bond acceptors (Lipinski definition) is 1. The molecule has 0 spiro atoms. The Bertz CT molecular complexity index is 415. The van der Waals surface area contributed by atoms with Crippen LogP contribution in [0.25, 0.3) is 0 Å². The Balaban J connectivity index is 2.09. The predicted molar refractivity (Wildman–Crippen MR) is 92.8 cm³/mol. The van der Waals surface area contributed by atoms with Gasteiger partial charge < -0.3 is 5.32 Å². The minimum Gasteiger partial charge on any atom is -0.314 e. The van der Waals surface area contributed by atoms with Crippen LogP contribution < -0.4 is 5.32 Å². The van der Waals surface area contributed by atoms with Gasteiger partial charge in [0.05, 0.1) is 0 Å². The molecule has 0 radical (unpaired) electrons. The van der Waals surface area contributed by atoms with E-state index in [1.54, 1.807) is 5.56 Å². The van der Waals surface area contributed by atoms with Gasteiger partial charge in [0.25, 0.3) is 0 Å². The summed E-state index contributed by atoms with van der Waals surface area (Å²) in [5.74, 6) is 1.72. The average molecular weight is 287 g/mol. The molecular formula is C20H33N. The molecule has 1 saturated carbocycles. The summed E-state index contributed by atoms with van der Waals surface area (Å²) in [6.07, 6.45) is 8.39. The van der Waals surface area contributed by atoms with E-state index in [1.165, 1.54) is 56.2 Å². The van der Waals surface area contributed by atoms with Gasteiger partial charge in [0.2, 0.25) is 0 Å². The van der Waals surface area contributed by atoms with Gasteiger partial charge in [0, 0.05) is 6.04 Å². The maximum absolute atomic E-state index is 3.69. The molecule has 0 heterocycles. The third-order valence-electron chi connectivity index (χ3n) is 5.22. The van der Waals surface area contributed by atoms with Crippen molar-refractivity contribution in [1.29, 1.82) is 0 Å². The van der Waals surface area contributed by atoms with Gasteiger partial charge in [-0.2, -0.15) is 0 Å². The third kappa shape index (κ3) is 4.85. The molecule has 1 aromatic rings. The van der Waals surface area contributed by atoms with Gasteiger partial charge in [-0.05, 0) is 68.2 Å². The van der Waals surface area contributed by atoms with E-state index in [0.29, 0.717) is 6.04 Å². The van der Waals surface area contributed by atoms with Crippen LogP contribution in [0.3, 0.4) is 0 Å². The van der Waals surface area contributed by atoms with Crippen LogP contribution in [-0.4, -0.2) is 12.6 Å². The molecule has 2 unspecified atom stereocenters. The average Bonchev–Trinajstić information content (AvgIpc) is 2.66. The smallest absolute Gasteiger partial charge is 0.00104 e. The van der Waals surface area contributed by atoms with Crippen LogP contribution in [-0.2, 0) is 6.42 Å². The standard InChI is InChI=1S/C20H33N/c1-15(2)21-14-19-12-7-5-6-11-18(19)13-20-16(3)9-8-10-17(20)4/h8-10,15,18-19,21H,5-7,11-14H2,1-4H3. The van der Waals surface area contributed by atoms with E-state index < -0.39 is 0 Å². The van der Waals surface area contributed by atoms with Crippen LogP contribution in [0.15, 0.2) is 18.2 Å². The van der Waals surface area contributed by atoms with Crippen LogP contribution in [0.1, 0.15) is 62.6 Å². The Morgan fingerprint density at radius 1 is 1.00 bits per heavy atom. The van der Waals surface area contributed by atoms with Crippen molar-refractivity contribution in [2.45, 2.75) is 72.3 Å². The van der Waals surface area contributed by atoms with E-state index in [-0.39, 0.29) is 0 Å². The number of nitrogens with one attached hydrogen (secondary N) is 1. The Morgan fingerprint density at radius 3 is 2.24 bits per heavy atom. The Labute approximate surface area is 131 Å². The fourth-order valence-corrected chi connectivity index (χ4v) is 3.82. The number of benzene rings is 1. The summed E-state index contributed by atoms with van der Waals surface area (Å²) < 4.78 is 0. The van der Waals surface area contributed by atoms with Crippen molar-refractivity contribution in [1.82, 2.24) is 5.32 Å². The second-order valence-corrected chi connectivity index (χ2v) is 7.30. The van der Waals surface area contributed by atoms with E-state index in [4.69, 9.17) is 0 Å². The lowest BCUT2D eigenvalue weighted by molar-refractivity contribution is 0.290. The summed E-state index contributed by atoms with van der Waals surface area (Å²) >= 11 is 0. The summed E-state index contributed by atoms with van der Waals surface area (Å²) in [4.78, 5) is 0. The van der Waals surface area contributed by atoms with Gasteiger partial charge in [-0.3, -0.25) is 0 Å². The molecule has 118 valence electrons. The molecule has 1 fully saturated rings. The lowest BCUT2D eigenvalue weighted by atomic mass is 9.81. The monoisotopic (exact) mass is 287 g/mol. The highest BCUT2D eigenvalue weighted by atomic mass is 14.9. The molecule has 1 aromatic carbocycles. The first-order valence-corrected chi connectivity index (χ1v) is 8.86. The first kappa shape index (κ1) is 16.5. The summed E-state index contributed by atoms with van der Waals surface area (Å²) in [5, 5.41) is 3.69. The highest BCUT2D eigenvalue weighted by molar-refractivity contribution is 5.33. The fraction of sp³-hybridized carbons (Fsp3) is 0.700. The van der Waals surface area contributed by atoms with Crippen LogP contribution in [0.4, 0.5) is 0 Å². The number of hydrogen-bond donors (Lipinski definition) is 1. The topological polar surface area (TPSA) is 12.0 Å². The van der Waals surface area contributed by atoms with Gasteiger partial charge in [-0.1, -0.05) is 51.3 Å². The van der Waals surface area contributed by atoms with Crippen molar-refractivity contribution in [2.24, 2.45) is 11.8 Å². The molecule has 1 aliphatic carbocycles. The van der Waals surface area contributed by atoms with Gasteiger partial charge in [0.15, 0.2) is 0 Å². The van der Waals surface area contributed by atoms with Crippen LogP contribution in [0, 0.1) is 25.7 Å². The minimum absolute atomic E-state index is 0.606. The normalized spacial score (nSPS) is 23.3. The Hall–Kier alpha value is -0.820. The Morgan fingerprint density at radius 2 is 1.62 bits per heavy atom. The SMILES string of the molecule is Cc1cccc(C)c1CC1CCCCCC1CNC(C)C. The molecule has 1 nitrogen and oxygen atoms in total. The molecule has 1 heteroatoms. The second-order valence-electron chi connectivity index (χ2n) is 7.30. The summed E-state index contributed by atoms with van der Waals surface area (Å²) in [7, 11) is 0. The number of aryl methyl sites for hydroxylation is 2. The molecule has 1 aliphatic rings. The third-order valence-corrected chi connectivity index (χ3v) is 5.22. The molecule has 0 saturated heterocycles. The van der Waals surface area contributed by atoms with Gasteiger partial charge in [0.1, 0.15) is 0 Å². The zero-order valence-corrected chi connectivity index (χ0v) is 14.4. The molecule has 0 aliphatic heterocycles. The molecule has 0 bridgehead atoms. The molecular weight excluding hydrogens is 254 g/mol. The lowest BCUT2D eigenvalue weighted by Crippen LogP contribution is -2.33. The van der Waals surface area contributed by atoms with Gasteiger partial charge in [-0.25, -0.2) is 0 Å². The summed E-state index contributed by atoms with van der Waals surface area (Å²) in [6.45, 7) is 10.3. The van der Waals surface area contributed by atoms with Crippen molar-refractivity contribution in [3.63, 3.8) is 0 Å². The van der Waals surface area contributed by atoms with Crippen molar-refractivity contribution >= 4 is 0 Å². The maximum atomic E-state index is 3.69. The van der Waals surface area contributed by atoms with E-state index in [2.05, 4.69) is 51.2 Å². The minimum atomic E-state index is 0.606. The van der Waals surface area contributed by atoms with Crippen molar-refractivity contribution in [2.75, 3.05) is 6.54 Å². The fourth-order valence-electron chi connectivity index (χ4n) is 3.82. The van der Waals surface area contributed by atoms with Crippen molar-refractivity contribution in [3.05, 3.63) is 34.9 Å². The molecule has 1 N–H and O–H groups in total. The van der Waals surface area contributed by atoms with Crippen molar-refractivity contribution < 1.29 is 0 Å². The molecule has 2 rings (SSSR count). The lowest BCUT2D eigenvalue weighted by Gasteiger charge is -2.27. The second kappa shape index (κ2) is 7.98. The van der Waals surface area contributed by atoms with Crippen LogP contribution in [0.2, 0.25) is 0 Å². The predicted octanol–water partition coefficient (Wildman–Crippen LogP) is 5.04. The molecule has 2 atom stereocenters. The molecule has 21 heavy (non-hydrogen) atoms. The van der Waals surface area contributed by atoms with Crippen LogP contribution in [0.5, 0.6) is 0 Å².